The van der Waals surface area contributed by atoms with Gasteiger partial charge in [0.1, 0.15) is 11.9 Å². The Balaban J connectivity index is 2.08. The lowest BCUT2D eigenvalue weighted by Gasteiger charge is -2.01. The van der Waals surface area contributed by atoms with E-state index in [1.165, 1.54) is 0 Å². The number of nitrogens with zero attached hydrogens (tertiary/aromatic N) is 1. The van der Waals surface area contributed by atoms with Gasteiger partial charge in [0.25, 0.3) is 0 Å². The molecular weight excluding hydrogens is 164 g/mol. The molecule has 1 aliphatic heterocycles. The van der Waals surface area contributed by atoms with Gasteiger partial charge in [0.2, 0.25) is 5.91 Å². The fourth-order valence-electron chi connectivity index (χ4n) is 1.86. The zero-order chi connectivity index (χ0) is 9.64. The second kappa shape index (κ2) is 2.56. The third kappa shape index (κ3) is 1.36. The molecule has 1 aliphatic carbocycles. The molecule has 0 radical (unpaired) electrons. The van der Waals surface area contributed by atoms with E-state index in [1.807, 2.05) is 6.92 Å². The van der Waals surface area contributed by atoms with E-state index in [0.717, 1.165) is 18.7 Å². The number of hydrogen-bond donors (Lipinski definition) is 1. The number of carbonyl (C=O) groups excluding carboxylic acids is 1. The van der Waals surface area contributed by atoms with Crippen molar-refractivity contribution in [1.82, 2.24) is 5.32 Å². The summed E-state index contributed by atoms with van der Waals surface area (Å²) in [5, 5.41) is 2.88. The zero-order valence-electron chi connectivity index (χ0n) is 8.42. The van der Waals surface area contributed by atoms with Gasteiger partial charge in [0.15, 0.2) is 0 Å². The Bertz CT molecular complexity index is 281. The number of amides is 1. The monoisotopic (exact) mass is 180 g/mol. The van der Waals surface area contributed by atoms with Crippen LogP contribution in [0.3, 0.4) is 0 Å². The fraction of sp³-hybridized carbons (Fsp3) is 0.800. The summed E-state index contributed by atoms with van der Waals surface area (Å²) >= 11 is 0. The van der Waals surface area contributed by atoms with Crippen LogP contribution in [0.2, 0.25) is 0 Å². The SMILES string of the molecule is CCC1N=C(C2CC2(C)C)NC1=O. The number of nitrogens with one attached hydrogen (secondary N) is 1. The predicted molar refractivity (Wildman–Crippen MR) is 51.5 cm³/mol. The van der Waals surface area contributed by atoms with Crippen LogP contribution in [0, 0.1) is 11.3 Å². The topological polar surface area (TPSA) is 41.5 Å². The maximum atomic E-state index is 11.3. The minimum absolute atomic E-state index is 0.0835. The van der Waals surface area contributed by atoms with Crippen molar-refractivity contribution in [3.8, 4) is 0 Å². The molecule has 1 amide bonds. The minimum Gasteiger partial charge on any atom is -0.312 e. The van der Waals surface area contributed by atoms with Crippen LogP contribution in [0.15, 0.2) is 4.99 Å². The summed E-state index contributed by atoms with van der Waals surface area (Å²) in [6.07, 6.45) is 1.96. The molecule has 2 aliphatic rings. The molecule has 1 fully saturated rings. The van der Waals surface area contributed by atoms with Crippen molar-refractivity contribution >= 4 is 11.7 Å². The molecule has 0 aromatic rings. The van der Waals surface area contributed by atoms with E-state index in [1.54, 1.807) is 0 Å². The standard InChI is InChI=1S/C10H16N2O/c1-4-7-9(13)12-8(11-7)6-5-10(6,2)3/h6-7H,4-5H2,1-3H3,(H,11,12,13). The lowest BCUT2D eigenvalue weighted by molar-refractivity contribution is -0.120. The number of aliphatic imine (C=N–C) groups is 1. The highest BCUT2D eigenvalue weighted by molar-refractivity contribution is 6.07. The Morgan fingerprint density at radius 3 is 2.62 bits per heavy atom. The summed E-state index contributed by atoms with van der Waals surface area (Å²) < 4.78 is 0. The molecule has 13 heavy (non-hydrogen) atoms. The highest BCUT2D eigenvalue weighted by Crippen LogP contribution is 2.52. The summed E-state index contributed by atoms with van der Waals surface area (Å²) in [7, 11) is 0. The summed E-state index contributed by atoms with van der Waals surface area (Å²) in [6, 6.07) is -0.119. The molecule has 1 heterocycles. The number of rotatable bonds is 2. The number of amidine groups is 1. The van der Waals surface area contributed by atoms with E-state index < -0.39 is 0 Å². The molecule has 2 unspecified atom stereocenters. The van der Waals surface area contributed by atoms with Crippen LogP contribution >= 0.6 is 0 Å². The smallest absolute Gasteiger partial charge is 0.250 e. The van der Waals surface area contributed by atoms with Crippen molar-refractivity contribution in [3.63, 3.8) is 0 Å². The van der Waals surface area contributed by atoms with Crippen LogP contribution in [0.4, 0.5) is 0 Å². The van der Waals surface area contributed by atoms with Gasteiger partial charge in [-0.15, -0.1) is 0 Å². The highest BCUT2D eigenvalue weighted by Gasteiger charge is 2.51. The van der Waals surface area contributed by atoms with Crippen LogP contribution in [0.5, 0.6) is 0 Å². The van der Waals surface area contributed by atoms with Crippen LogP contribution in [-0.2, 0) is 4.79 Å². The molecule has 0 bridgehead atoms. The molecule has 72 valence electrons. The van der Waals surface area contributed by atoms with E-state index >= 15 is 0 Å². The van der Waals surface area contributed by atoms with Crippen molar-refractivity contribution in [2.45, 2.75) is 39.7 Å². The van der Waals surface area contributed by atoms with E-state index in [0.29, 0.717) is 11.3 Å². The van der Waals surface area contributed by atoms with Crippen LogP contribution in [0.1, 0.15) is 33.6 Å². The largest absolute Gasteiger partial charge is 0.312 e. The van der Waals surface area contributed by atoms with Crippen molar-refractivity contribution in [3.05, 3.63) is 0 Å². The van der Waals surface area contributed by atoms with Gasteiger partial charge in [-0.05, 0) is 18.3 Å². The van der Waals surface area contributed by atoms with E-state index in [-0.39, 0.29) is 11.9 Å². The molecule has 2 atom stereocenters. The maximum Gasteiger partial charge on any atom is 0.250 e. The molecule has 0 saturated heterocycles. The molecule has 1 saturated carbocycles. The highest BCUT2D eigenvalue weighted by atomic mass is 16.2. The third-order valence-electron chi connectivity index (χ3n) is 3.08. The summed E-state index contributed by atoms with van der Waals surface area (Å²) in [5.74, 6) is 1.51. The molecule has 0 aromatic carbocycles. The Labute approximate surface area is 78.6 Å². The first-order valence-electron chi connectivity index (χ1n) is 4.93. The molecule has 0 aromatic heterocycles. The van der Waals surface area contributed by atoms with Gasteiger partial charge in [-0.2, -0.15) is 0 Å². The predicted octanol–water partition coefficient (Wildman–Crippen LogP) is 1.34. The molecule has 3 heteroatoms. The lowest BCUT2D eigenvalue weighted by atomic mass is 10.1. The molecule has 3 nitrogen and oxygen atoms in total. The van der Waals surface area contributed by atoms with E-state index in [9.17, 15) is 4.79 Å². The lowest BCUT2D eigenvalue weighted by Crippen LogP contribution is -2.30. The second-order valence-corrected chi connectivity index (χ2v) is 4.67. The Hall–Kier alpha value is -0.860. The molecular formula is C10H16N2O. The van der Waals surface area contributed by atoms with Crippen molar-refractivity contribution in [1.29, 1.82) is 0 Å². The molecule has 1 N–H and O–H groups in total. The average Bonchev–Trinajstić information content (AvgIpc) is 2.55. The van der Waals surface area contributed by atoms with Crippen LogP contribution in [0.25, 0.3) is 0 Å². The Morgan fingerprint density at radius 2 is 2.23 bits per heavy atom. The number of hydrogen-bond acceptors (Lipinski definition) is 2. The van der Waals surface area contributed by atoms with Gasteiger partial charge in [0, 0.05) is 5.92 Å². The first-order chi connectivity index (χ1) is 6.04. The van der Waals surface area contributed by atoms with Crippen LogP contribution in [-0.4, -0.2) is 17.8 Å². The minimum atomic E-state index is -0.119. The summed E-state index contributed by atoms with van der Waals surface area (Å²) in [4.78, 5) is 15.7. The second-order valence-electron chi connectivity index (χ2n) is 4.67. The van der Waals surface area contributed by atoms with Gasteiger partial charge in [-0.3, -0.25) is 9.79 Å². The first-order valence-corrected chi connectivity index (χ1v) is 4.93. The van der Waals surface area contributed by atoms with E-state index in [4.69, 9.17) is 0 Å². The quantitative estimate of drug-likeness (QED) is 0.684. The van der Waals surface area contributed by atoms with Gasteiger partial charge >= 0.3 is 0 Å². The normalized spacial score (nSPS) is 35.6. The summed E-state index contributed by atoms with van der Waals surface area (Å²) in [5.41, 5.74) is 0.356. The Kier molecular flexibility index (Phi) is 1.72. The van der Waals surface area contributed by atoms with Gasteiger partial charge in [0.05, 0.1) is 0 Å². The molecule has 0 spiro atoms. The fourth-order valence-corrected chi connectivity index (χ4v) is 1.86. The molecule has 2 rings (SSSR count). The van der Waals surface area contributed by atoms with Crippen molar-refractivity contribution in [2.24, 2.45) is 16.3 Å². The van der Waals surface area contributed by atoms with Gasteiger partial charge in [-0.25, -0.2) is 0 Å². The third-order valence-corrected chi connectivity index (χ3v) is 3.08. The number of carbonyl (C=O) groups is 1. The maximum absolute atomic E-state index is 11.3. The van der Waals surface area contributed by atoms with Crippen molar-refractivity contribution < 1.29 is 4.79 Å². The average molecular weight is 180 g/mol. The van der Waals surface area contributed by atoms with Gasteiger partial charge in [-0.1, -0.05) is 20.8 Å². The van der Waals surface area contributed by atoms with E-state index in [2.05, 4.69) is 24.2 Å². The summed E-state index contributed by atoms with van der Waals surface area (Å²) in [6.45, 7) is 6.42. The first kappa shape index (κ1) is 8.73. The Morgan fingerprint density at radius 1 is 1.62 bits per heavy atom. The van der Waals surface area contributed by atoms with Gasteiger partial charge < -0.3 is 5.32 Å². The van der Waals surface area contributed by atoms with Crippen molar-refractivity contribution in [2.75, 3.05) is 0 Å². The zero-order valence-corrected chi connectivity index (χ0v) is 8.42. The van der Waals surface area contributed by atoms with Crippen LogP contribution < -0.4 is 5.32 Å².